The normalized spacial score (nSPS) is 11.9. The number of benzene rings is 2. The number of halogens is 1. The van der Waals surface area contributed by atoms with Gasteiger partial charge in [0.25, 0.3) is 0 Å². The van der Waals surface area contributed by atoms with E-state index >= 15 is 0 Å². The molecule has 3 rings (SSSR count). The van der Waals surface area contributed by atoms with Crippen LogP contribution < -0.4 is 10.1 Å². The topological polar surface area (TPSA) is 34.1 Å². The molecule has 0 aliphatic heterocycles. The summed E-state index contributed by atoms with van der Waals surface area (Å²) in [6.07, 6.45) is 2.86. The second-order valence-corrected chi connectivity index (χ2v) is 5.71. The van der Waals surface area contributed by atoms with Crippen LogP contribution in [0, 0.1) is 0 Å². The van der Waals surface area contributed by atoms with Crippen molar-refractivity contribution in [1.29, 1.82) is 0 Å². The second kappa shape index (κ2) is 8.13. The Kier molecular flexibility index (Phi) is 6.19. The molecule has 5 heteroatoms. The molecule has 116 valence electrons. The van der Waals surface area contributed by atoms with Gasteiger partial charge in [-0.2, -0.15) is 4.37 Å². The minimum Gasteiger partial charge on any atom is -0.484 e. The average Bonchev–Trinajstić information content (AvgIpc) is 3.01. The number of fused-ring (bicyclic) bond motifs is 1. The first-order chi connectivity index (χ1) is 10.4. The number of hydrogen-bond donors (Lipinski definition) is 1. The van der Waals surface area contributed by atoms with Crippen molar-refractivity contribution in [2.24, 2.45) is 0 Å². The summed E-state index contributed by atoms with van der Waals surface area (Å²) in [6, 6.07) is 16.5. The van der Waals surface area contributed by atoms with Crippen molar-refractivity contribution in [3.05, 3.63) is 60.3 Å². The van der Waals surface area contributed by atoms with Crippen molar-refractivity contribution in [2.45, 2.75) is 12.5 Å². The molecule has 1 N–H and O–H groups in total. The van der Waals surface area contributed by atoms with Crippen molar-refractivity contribution in [2.75, 3.05) is 13.6 Å². The first-order valence-electron chi connectivity index (χ1n) is 7.08. The van der Waals surface area contributed by atoms with E-state index < -0.39 is 0 Å². The molecule has 2 aromatic carbocycles. The molecular formula is C17H19ClN2OS. The number of nitrogens with zero attached hydrogens (tertiary/aromatic N) is 1. The van der Waals surface area contributed by atoms with E-state index in [0.717, 1.165) is 28.8 Å². The van der Waals surface area contributed by atoms with Gasteiger partial charge in [-0.25, -0.2) is 0 Å². The van der Waals surface area contributed by atoms with Crippen molar-refractivity contribution in [3.8, 4) is 5.75 Å². The molecular weight excluding hydrogens is 316 g/mol. The lowest BCUT2D eigenvalue weighted by Crippen LogP contribution is -2.16. The van der Waals surface area contributed by atoms with Gasteiger partial charge in [0.2, 0.25) is 0 Å². The number of aromatic nitrogens is 1. The molecule has 0 saturated heterocycles. The van der Waals surface area contributed by atoms with E-state index in [1.165, 1.54) is 17.1 Å². The Bertz CT molecular complexity index is 702. The van der Waals surface area contributed by atoms with Crippen LogP contribution in [0.15, 0.2) is 54.7 Å². The number of nitrogens with one attached hydrogen (secondary N) is 1. The molecule has 0 radical (unpaired) electrons. The lowest BCUT2D eigenvalue weighted by atomic mass is 10.1. The SMILES string of the molecule is CNCC[C@H](Oc1cccc2cnsc12)c1ccccc1.Cl. The zero-order valence-electron chi connectivity index (χ0n) is 12.4. The fourth-order valence-corrected chi connectivity index (χ4v) is 3.05. The Hall–Kier alpha value is -1.62. The molecule has 1 aromatic heterocycles. The Morgan fingerprint density at radius 3 is 2.73 bits per heavy atom. The summed E-state index contributed by atoms with van der Waals surface area (Å²) >= 11 is 1.48. The Balaban J connectivity index is 0.00000176. The third kappa shape index (κ3) is 3.77. The van der Waals surface area contributed by atoms with Gasteiger partial charge in [-0.05, 0) is 36.8 Å². The smallest absolute Gasteiger partial charge is 0.139 e. The number of hydrogen-bond acceptors (Lipinski definition) is 4. The minimum atomic E-state index is 0. The van der Waals surface area contributed by atoms with Crippen LogP contribution in [0.25, 0.3) is 10.1 Å². The molecule has 0 aliphatic rings. The maximum atomic E-state index is 6.30. The van der Waals surface area contributed by atoms with E-state index in [2.05, 4.69) is 40.0 Å². The van der Waals surface area contributed by atoms with Crippen LogP contribution in [-0.2, 0) is 0 Å². The Morgan fingerprint density at radius 1 is 1.14 bits per heavy atom. The molecule has 22 heavy (non-hydrogen) atoms. The zero-order chi connectivity index (χ0) is 14.5. The van der Waals surface area contributed by atoms with Crippen LogP contribution >= 0.6 is 23.9 Å². The third-order valence-corrected chi connectivity index (χ3v) is 4.27. The highest BCUT2D eigenvalue weighted by molar-refractivity contribution is 7.13. The molecule has 0 fully saturated rings. The number of ether oxygens (including phenoxy) is 1. The van der Waals surface area contributed by atoms with Gasteiger partial charge in [0, 0.05) is 18.0 Å². The molecule has 3 nitrogen and oxygen atoms in total. The fraction of sp³-hybridized carbons (Fsp3) is 0.235. The van der Waals surface area contributed by atoms with Gasteiger partial charge in [-0.1, -0.05) is 42.5 Å². The monoisotopic (exact) mass is 334 g/mol. The largest absolute Gasteiger partial charge is 0.484 e. The molecule has 1 atom stereocenters. The first-order valence-corrected chi connectivity index (χ1v) is 7.85. The van der Waals surface area contributed by atoms with Gasteiger partial charge in [0.15, 0.2) is 0 Å². The molecule has 0 spiro atoms. The highest BCUT2D eigenvalue weighted by atomic mass is 35.5. The summed E-state index contributed by atoms with van der Waals surface area (Å²) in [5.41, 5.74) is 1.20. The van der Waals surface area contributed by atoms with E-state index in [-0.39, 0.29) is 18.5 Å². The molecule has 0 bridgehead atoms. The van der Waals surface area contributed by atoms with Gasteiger partial charge in [0.05, 0.1) is 4.70 Å². The predicted octanol–water partition coefficient (Wildman–Crippen LogP) is 4.45. The van der Waals surface area contributed by atoms with Gasteiger partial charge < -0.3 is 10.1 Å². The summed E-state index contributed by atoms with van der Waals surface area (Å²) in [6.45, 7) is 0.915. The minimum absolute atomic E-state index is 0. The van der Waals surface area contributed by atoms with Gasteiger partial charge >= 0.3 is 0 Å². The van der Waals surface area contributed by atoms with E-state index in [4.69, 9.17) is 4.74 Å². The summed E-state index contributed by atoms with van der Waals surface area (Å²) in [5.74, 6) is 0.917. The quantitative estimate of drug-likeness (QED) is 0.723. The second-order valence-electron chi connectivity index (χ2n) is 4.91. The number of rotatable bonds is 6. The Morgan fingerprint density at radius 2 is 1.95 bits per heavy atom. The van der Waals surface area contributed by atoms with E-state index in [1.807, 2.05) is 31.4 Å². The molecule has 1 heterocycles. The lowest BCUT2D eigenvalue weighted by Gasteiger charge is -2.20. The van der Waals surface area contributed by atoms with Crippen LogP contribution in [0.2, 0.25) is 0 Å². The maximum absolute atomic E-state index is 6.30. The first kappa shape index (κ1) is 16.7. The highest BCUT2D eigenvalue weighted by Crippen LogP contribution is 2.33. The molecule has 3 aromatic rings. The van der Waals surface area contributed by atoms with E-state index in [0.29, 0.717) is 0 Å². The van der Waals surface area contributed by atoms with Crippen molar-refractivity contribution >= 4 is 34.0 Å². The van der Waals surface area contributed by atoms with Crippen molar-refractivity contribution < 1.29 is 4.74 Å². The summed E-state index contributed by atoms with van der Waals surface area (Å²) in [7, 11) is 1.96. The maximum Gasteiger partial charge on any atom is 0.139 e. The highest BCUT2D eigenvalue weighted by Gasteiger charge is 2.15. The Labute approximate surface area is 140 Å². The summed E-state index contributed by atoms with van der Waals surface area (Å²) in [4.78, 5) is 0. The van der Waals surface area contributed by atoms with Gasteiger partial charge in [0.1, 0.15) is 11.9 Å². The van der Waals surface area contributed by atoms with Crippen molar-refractivity contribution in [3.63, 3.8) is 0 Å². The van der Waals surface area contributed by atoms with Gasteiger partial charge in [-0.15, -0.1) is 12.4 Å². The molecule has 0 unspecified atom stereocenters. The van der Waals surface area contributed by atoms with Crippen LogP contribution in [-0.4, -0.2) is 18.0 Å². The van der Waals surface area contributed by atoms with Crippen LogP contribution in [0.5, 0.6) is 5.75 Å². The van der Waals surface area contributed by atoms with Gasteiger partial charge in [-0.3, -0.25) is 0 Å². The average molecular weight is 335 g/mol. The van der Waals surface area contributed by atoms with Crippen LogP contribution in [0.1, 0.15) is 18.1 Å². The summed E-state index contributed by atoms with van der Waals surface area (Å²) < 4.78 is 11.7. The fourth-order valence-electron chi connectivity index (χ4n) is 2.35. The van der Waals surface area contributed by atoms with Crippen LogP contribution in [0.3, 0.4) is 0 Å². The van der Waals surface area contributed by atoms with E-state index in [9.17, 15) is 0 Å². The van der Waals surface area contributed by atoms with E-state index in [1.54, 1.807) is 0 Å². The summed E-state index contributed by atoms with van der Waals surface area (Å²) in [5, 5.41) is 4.33. The molecule has 0 amide bonds. The van der Waals surface area contributed by atoms with Crippen molar-refractivity contribution in [1.82, 2.24) is 9.69 Å². The standard InChI is InChI=1S/C17H18N2OS.ClH/c1-18-11-10-15(13-6-3-2-4-7-13)20-16-9-5-8-14-12-19-21-17(14)16;/h2-9,12,15,18H,10-11H2,1H3;1H/t15-;/m0./s1. The molecule has 0 aliphatic carbocycles. The third-order valence-electron chi connectivity index (χ3n) is 3.44. The van der Waals surface area contributed by atoms with Crippen LogP contribution in [0.4, 0.5) is 0 Å². The zero-order valence-corrected chi connectivity index (χ0v) is 14.0. The molecule has 0 saturated carbocycles. The lowest BCUT2D eigenvalue weighted by molar-refractivity contribution is 0.198. The predicted molar refractivity (Wildman–Crippen MR) is 95.2 cm³/mol.